The Hall–Kier alpha value is -2.05. The lowest BCUT2D eigenvalue weighted by Gasteiger charge is -1.95. The minimum absolute atomic E-state index is 0.196. The first-order valence-electron chi connectivity index (χ1n) is 5.98. The Morgan fingerprint density at radius 1 is 1.35 bits per heavy atom. The van der Waals surface area contributed by atoms with E-state index < -0.39 is 5.91 Å². The van der Waals surface area contributed by atoms with Crippen molar-refractivity contribution >= 4 is 29.4 Å². The van der Waals surface area contributed by atoms with E-state index in [1.54, 1.807) is 17.6 Å². The summed E-state index contributed by atoms with van der Waals surface area (Å²) in [5.74, 6) is -0.692. The highest BCUT2D eigenvalue weighted by atomic mass is 32.1. The van der Waals surface area contributed by atoms with Gasteiger partial charge in [-0.2, -0.15) is 0 Å². The van der Waals surface area contributed by atoms with Crippen molar-refractivity contribution in [1.82, 2.24) is 10.5 Å². The van der Waals surface area contributed by atoms with Crippen LogP contribution in [0.15, 0.2) is 29.6 Å². The van der Waals surface area contributed by atoms with Gasteiger partial charge in [-0.15, -0.1) is 11.3 Å². The molecule has 0 spiro atoms. The number of nitrogens with zero attached hydrogens (tertiary/aromatic N) is 1. The van der Waals surface area contributed by atoms with E-state index in [0.29, 0.717) is 6.42 Å². The molecule has 1 heterocycles. The summed E-state index contributed by atoms with van der Waals surface area (Å²) in [6.45, 7) is 0. The number of thiazole rings is 1. The summed E-state index contributed by atoms with van der Waals surface area (Å²) in [4.78, 5) is 15.2. The molecule has 4 nitrogen and oxygen atoms in total. The smallest absolute Gasteiger partial charge is 0.243 e. The lowest BCUT2D eigenvalue weighted by Crippen LogP contribution is -2.18. The number of hydrogen-bond donors (Lipinski definition) is 2. The van der Waals surface area contributed by atoms with Gasteiger partial charge >= 0.3 is 0 Å². The van der Waals surface area contributed by atoms with Gasteiger partial charge in [-0.3, -0.25) is 10.0 Å². The summed E-state index contributed by atoms with van der Waals surface area (Å²) in [5.41, 5.74) is 3.28. The van der Waals surface area contributed by atoms with Crippen LogP contribution in [0.3, 0.4) is 0 Å². The second-order valence-electron chi connectivity index (χ2n) is 4.10. The number of carbonyl (C=O) groups is 1. The molecule has 2 rings (SSSR count). The third-order valence-corrected chi connectivity index (χ3v) is 3.45. The Morgan fingerprint density at radius 3 is 2.80 bits per heavy atom. The topological polar surface area (TPSA) is 62.2 Å². The van der Waals surface area contributed by atoms with Gasteiger partial charge in [-0.1, -0.05) is 18.2 Å². The predicted octanol–water partition coefficient (Wildman–Crippen LogP) is 2.89. The van der Waals surface area contributed by atoms with Crippen LogP contribution < -0.4 is 5.48 Å². The normalized spacial score (nSPS) is 10.9. The number of aromatic nitrogens is 1. The average molecular weight is 292 g/mol. The highest BCUT2D eigenvalue weighted by Crippen LogP contribution is 2.15. The van der Waals surface area contributed by atoms with E-state index in [2.05, 4.69) is 4.98 Å². The molecule has 2 N–H and O–H groups in total. The highest BCUT2D eigenvalue weighted by Gasteiger charge is 2.03. The van der Waals surface area contributed by atoms with Crippen LogP contribution in [0.1, 0.15) is 22.7 Å². The van der Waals surface area contributed by atoms with Crippen LogP contribution in [0.2, 0.25) is 0 Å². The molecule has 0 saturated heterocycles. The van der Waals surface area contributed by atoms with Crippen molar-refractivity contribution < 1.29 is 14.4 Å². The van der Waals surface area contributed by atoms with E-state index >= 15 is 0 Å². The number of hydroxylamine groups is 1. The molecule has 1 amide bonds. The molecule has 6 heteroatoms. The number of benzene rings is 1. The number of carbonyl (C=O) groups excluding carboxylic acids is 1. The summed E-state index contributed by atoms with van der Waals surface area (Å²) in [6, 6.07) is 6.18. The number of rotatable bonds is 5. The van der Waals surface area contributed by atoms with Gasteiger partial charge in [0.1, 0.15) is 10.8 Å². The number of hydrogen-bond acceptors (Lipinski definition) is 4. The van der Waals surface area contributed by atoms with Crippen LogP contribution in [0.4, 0.5) is 4.39 Å². The molecule has 104 valence electrons. The molecule has 1 aromatic heterocycles. The zero-order valence-corrected chi connectivity index (χ0v) is 11.4. The fraction of sp³-hybridized carbons (Fsp3) is 0.143. The monoisotopic (exact) mass is 292 g/mol. The summed E-state index contributed by atoms with van der Waals surface area (Å²) in [6.07, 6.45) is 4.37. The minimum Gasteiger partial charge on any atom is -0.289 e. The Morgan fingerprint density at radius 2 is 2.10 bits per heavy atom. The van der Waals surface area contributed by atoms with Crippen LogP contribution in [0, 0.1) is 5.82 Å². The number of aryl methyl sites for hydroxylation is 1. The Balaban J connectivity index is 1.95. The second kappa shape index (κ2) is 6.93. The van der Waals surface area contributed by atoms with Crippen LogP contribution in [0.5, 0.6) is 0 Å². The van der Waals surface area contributed by atoms with E-state index in [-0.39, 0.29) is 12.2 Å². The lowest BCUT2D eigenvalue weighted by atomic mass is 10.2. The number of nitrogens with one attached hydrogen (secondary N) is 1. The van der Waals surface area contributed by atoms with Gasteiger partial charge in [0.15, 0.2) is 0 Å². The fourth-order valence-electron chi connectivity index (χ4n) is 1.55. The molecule has 0 radical (unpaired) electrons. The van der Waals surface area contributed by atoms with E-state index in [1.165, 1.54) is 23.5 Å². The molecule has 0 unspecified atom stereocenters. The van der Waals surface area contributed by atoms with Crippen molar-refractivity contribution in [1.29, 1.82) is 0 Å². The highest BCUT2D eigenvalue weighted by molar-refractivity contribution is 7.10. The molecule has 0 atom stereocenters. The molecular weight excluding hydrogens is 279 g/mol. The molecule has 0 aliphatic carbocycles. The van der Waals surface area contributed by atoms with Crippen molar-refractivity contribution in [3.05, 3.63) is 51.7 Å². The van der Waals surface area contributed by atoms with Gasteiger partial charge in [0, 0.05) is 11.8 Å². The first kappa shape index (κ1) is 14.4. The van der Waals surface area contributed by atoms with Crippen LogP contribution >= 0.6 is 11.3 Å². The number of amides is 1. The van der Waals surface area contributed by atoms with Gasteiger partial charge in [0.2, 0.25) is 5.91 Å². The van der Waals surface area contributed by atoms with E-state index in [1.807, 2.05) is 17.5 Å². The average Bonchev–Trinajstić information content (AvgIpc) is 2.92. The summed E-state index contributed by atoms with van der Waals surface area (Å²) in [7, 11) is 0. The molecule has 0 saturated carbocycles. The molecule has 2 aromatic rings. The van der Waals surface area contributed by atoms with Gasteiger partial charge in [-0.05, 0) is 30.2 Å². The van der Waals surface area contributed by atoms with Gasteiger partial charge in [0.25, 0.3) is 0 Å². The largest absolute Gasteiger partial charge is 0.289 e. The van der Waals surface area contributed by atoms with Crippen molar-refractivity contribution in [2.24, 2.45) is 0 Å². The standard InChI is InChI=1S/C14H13FN2O2S/c15-11-4-1-10(2-5-11)3-8-14-16-12(9-20-14)6-7-13(18)17-19/h1-5,8-9,19H,6-7H2,(H,17,18)/b8-3+. The van der Waals surface area contributed by atoms with Crippen LogP contribution in [-0.4, -0.2) is 16.1 Å². The Labute approximate surface area is 119 Å². The predicted molar refractivity (Wildman–Crippen MR) is 75.7 cm³/mol. The molecule has 0 bridgehead atoms. The Kier molecular flexibility index (Phi) is 4.97. The maximum absolute atomic E-state index is 12.7. The molecule has 20 heavy (non-hydrogen) atoms. The lowest BCUT2D eigenvalue weighted by molar-refractivity contribution is -0.129. The maximum Gasteiger partial charge on any atom is 0.243 e. The van der Waals surface area contributed by atoms with Crippen molar-refractivity contribution in [3.63, 3.8) is 0 Å². The summed E-state index contributed by atoms with van der Waals surface area (Å²) in [5, 5.41) is 11.1. The quantitative estimate of drug-likeness (QED) is 0.658. The molecule has 1 aromatic carbocycles. The summed E-state index contributed by atoms with van der Waals surface area (Å²) >= 11 is 1.47. The van der Waals surface area contributed by atoms with E-state index in [9.17, 15) is 9.18 Å². The van der Waals surface area contributed by atoms with Crippen molar-refractivity contribution in [2.45, 2.75) is 12.8 Å². The van der Waals surface area contributed by atoms with E-state index in [0.717, 1.165) is 16.3 Å². The number of halogens is 1. The maximum atomic E-state index is 12.7. The van der Waals surface area contributed by atoms with Crippen LogP contribution in [-0.2, 0) is 11.2 Å². The SMILES string of the molecule is O=C(CCc1csc(/C=C/c2ccc(F)cc2)n1)NO. The second-order valence-corrected chi connectivity index (χ2v) is 4.99. The molecule has 0 aliphatic rings. The van der Waals surface area contributed by atoms with Crippen LogP contribution in [0.25, 0.3) is 12.2 Å². The third kappa shape index (κ3) is 4.25. The fourth-order valence-corrected chi connectivity index (χ4v) is 2.30. The minimum atomic E-state index is -0.429. The van der Waals surface area contributed by atoms with Crippen molar-refractivity contribution in [3.8, 4) is 0 Å². The van der Waals surface area contributed by atoms with Gasteiger partial charge < -0.3 is 0 Å². The molecule has 0 aliphatic heterocycles. The van der Waals surface area contributed by atoms with Crippen molar-refractivity contribution in [2.75, 3.05) is 0 Å². The first-order valence-corrected chi connectivity index (χ1v) is 6.86. The zero-order valence-electron chi connectivity index (χ0n) is 10.5. The van der Waals surface area contributed by atoms with Gasteiger partial charge in [0.05, 0.1) is 5.69 Å². The molecular formula is C14H13FN2O2S. The van der Waals surface area contributed by atoms with Gasteiger partial charge in [-0.25, -0.2) is 14.9 Å². The third-order valence-electron chi connectivity index (χ3n) is 2.59. The first-order chi connectivity index (χ1) is 9.67. The summed E-state index contributed by atoms with van der Waals surface area (Å²) < 4.78 is 12.7. The Bertz CT molecular complexity index is 608. The zero-order chi connectivity index (χ0) is 14.4. The van der Waals surface area contributed by atoms with E-state index in [4.69, 9.17) is 5.21 Å². The molecule has 0 fully saturated rings.